The number of rotatable bonds is 4. The SMILES string of the molecule is COc1ccc(N(C)CC(N)=O)cc1Cl. The monoisotopic (exact) mass is 228 g/mol. The van der Waals surface area contributed by atoms with Crippen LogP contribution in [0.15, 0.2) is 18.2 Å². The highest BCUT2D eigenvalue weighted by molar-refractivity contribution is 6.32. The Morgan fingerprint density at radius 2 is 2.27 bits per heavy atom. The molecule has 1 aromatic rings. The second-order valence-electron chi connectivity index (χ2n) is 3.14. The van der Waals surface area contributed by atoms with E-state index in [1.54, 1.807) is 31.2 Å². The minimum absolute atomic E-state index is 0.155. The summed E-state index contributed by atoms with van der Waals surface area (Å²) in [4.78, 5) is 12.4. The number of hydrogen-bond acceptors (Lipinski definition) is 3. The van der Waals surface area contributed by atoms with Crippen molar-refractivity contribution < 1.29 is 9.53 Å². The van der Waals surface area contributed by atoms with Gasteiger partial charge >= 0.3 is 0 Å². The number of ether oxygens (including phenoxy) is 1. The van der Waals surface area contributed by atoms with E-state index in [-0.39, 0.29) is 12.5 Å². The van der Waals surface area contributed by atoms with Crippen molar-refractivity contribution in [1.29, 1.82) is 0 Å². The zero-order chi connectivity index (χ0) is 11.4. The molecular weight excluding hydrogens is 216 g/mol. The zero-order valence-corrected chi connectivity index (χ0v) is 9.41. The summed E-state index contributed by atoms with van der Waals surface area (Å²) in [6.07, 6.45) is 0. The number of nitrogens with two attached hydrogens (primary N) is 1. The maximum absolute atomic E-state index is 10.7. The molecule has 1 amide bonds. The topological polar surface area (TPSA) is 55.6 Å². The first kappa shape index (κ1) is 11.7. The molecule has 4 nitrogen and oxygen atoms in total. The fourth-order valence-corrected chi connectivity index (χ4v) is 1.47. The van der Waals surface area contributed by atoms with Gasteiger partial charge in [-0.2, -0.15) is 0 Å². The van der Waals surface area contributed by atoms with Crippen LogP contribution in [0, 0.1) is 0 Å². The Balaban J connectivity index is 2.87. The van der Waals surface area contributed by atoms with E-state index in [4.69, 9.17) is 22.1 Å². The van der Waals surface area contributed by atoms with Gasteiger partial charge in [0, 0.05) is 12.7 Å². The summed E-state index contributed by atoms with van der Waals surface area (Å²) >= 11 is 5.94. The molecule has 1 rings (SSSR count). The van der Waals surface area contributed by atoms with Gasteiger partial charge in [-0.25, -0.2) is 0 Å². The normalized spacial score (nSPS) is 9.80. The van der Waals surface area contributed by atoms with Crippen LogP contribution in [0.2, 0.25) is 5.02 Å². The lowest BCUT2D eigenvalue weighted by molar-refractivity contribution is -0.116. The number of benzene rings is 1. The molecule has 15 heavy (non-hydrogen) atoms. The number of nitrogens with zero attached hydrogens (tertiary/aromatic N) is 1. The zero-order valence-electron chi connectivity index (χ0n) is 8.66. The smallest absolute Gasteiger partial charge is 0.236 e. The van der Waals surface area contributed by atoms with Crippen LogP contribution in [0.5, 0.6) is 5.75 Å². The van der Waals surface area contributed by atoms with E-state index in [1.165, 1.54) is 0 Å². The van der Waals surface area contributed by atoms with Crippen LogP contribution >= 0.6 is 11.6 Å². The minimum atomic E-state index is -0.385. The number of likely N-dealkylation sites (N-methyl/N-ethyl adjacent to an activating group) is 1. The first-order valence-corrected chi connectivity index (χ1v) is 4.75. The molecule has 0 atom stereocenters. The van der Waals surface area contributed by atoms with Gasteiger partial charge in [-0.1, -0.05) is 11.6 Å². The second-order valence-corrected chi connectivity index (χ2v) is 3.55. The molecule has 0 saturated heterocycles. The number of carbonyl (C=O) groups excluding carboxylic acids is 1. The summed E-state index contributed by atoms with van der Waals surface area (Å²) in [5.41, 5.74) is 5.91. The van der Waals surface area contributed by atoms with Crippen molar-refractivity contribution in [2.45, 2.75) is 0 Å². The summed E-state index contributed by atoms with van der Waals surface area (Å²) < 4.78 is 5.02. The van der Waals surface area contributed by atoms with Gasteiger partial charge in [-0.3, -0.25) is 4.79 Å². The van der Waals surface area contributed by atoms with Crippen LogP contribution < -0.4 is 15.4 Å². The number of amides is 1. The molecule has 2 N–H and O–H groups in total. The van der Waals surface area contributed by atoms with Crippen LogP contribution in [0.4, 0.5) is 5.69 Å². The van der Waals surface area contributed by atoms with Crippen LogP contribution in [-0.4, -0.2) is 26.6 Å². The van der Waals surface area contributed by atoms with Gasteiger partial charge in [-0.15, -0.1) is 0 Å². The molecule has 0 aliphatic rings. The van der Waals surface area contributed by atoms with Gasteiger partial charge in [0.15, 0.2) is 0 Å². The van der Waals surface area contributed by atoms with E-state index >= 15 is 0 Å². The number of halogens is 1. The van der Waals surface area contributed by atoms with Crippen molar-refractivity contribution in [1.82, 2.24) is 0 Å². The molecule has 0 saturated carbocycles. The van der Waals surface area contributed by atoms with Crippen molar-refractivity contribution >= 4 is 23.2 Å². The van der Waals surface area contributed by atoms with E-state index < -0.39 is 0 Å². The molecule has 0 unspecified atom stereocenters. The van der Waals surface area contributed by atoms with Crippen LogP contribution in [0.25, 0.3) is 0 Å². The average molecular weight is 229 g/mol. The number of methoxy groups -OCH3 is 1. The van der Waals surface area contributed by atoms with E-state index in [0.29, 0.717) is 10.8 Å². The lowest BCUT2D eigenvalue weighted by Gasteiger charge is -2.18. The minimum Gasteiger partial charge on any atom is -0.495 e. The second kappa shape index (κ2) is 4.89. The predicted molar refractivity (Wildman–Crippen MR) is 60.5 cm³/mol. The highest BCUT2D eigenvalue weighted by atomic mass is 35.5. The lowest BCUT2D eigenvalue weighted by atomic mass is 10.3. The Bertz CT molecular complexity index is 368. The maximum atomic E-state index is 10.7. The van der Waals surface area contributed by atoms with E-state index in [2.05, 4.69) is 0 Å². The highest BCUT2D eigenvalue weighted by Crippen LogP contribution is 2.28. The largest absolute Gasteiger partial charge is 0.495 e. The van der Waals surface area contributed by atoms with Crippen molar-refractivity contribution in [3.05, 3.63) is 23.2 Å². The molecule has 0 heterocycles. The van der Waals surface area contributed by atoms with Gasteiger partial charge in [0.1, 0.15) is 5.75 Å². The third-order valence-electron chi connectivity index (χ3n) is 1.97. The van der Waals surface area contributed by atoms with Crippen LogP contribution in [-0.2, 0) is 4.79 Å². The first-order valence-electron chi connectivity index (χ1n) is 4.37. The first-order chi connectivity index (χ1) is 7.04. The Labute approximate surface area is 93.6 Å². The van der Waals surface area contributed by atoms with Crippen LogP contribution in [0.3, 0.4) is 0 Å². The number of hydrogen-bond donors (Lipinski definition) is 1. The molecule has 82 valence electrons. The van der Waals surface area contributed by atoms with Crippen molar-refractivity contribution in [2.24, 2.45) is 5.73 Å². The van der Waals surface area contributed by atoms with Crippen molar-refractivity contribution in [3.63, 3.8) is 0 Å². The van der Waals surface area contributed by atoms with E-state index in [9.17, 15) is 4.79 Å². The molecule has 5 heteroatoms. The molecule has 0 spiro atoms. The molecule has 0 aromatic heterocycles. The molecule has 0 radical (unpaired) electrons. The fraction of sp³-hybridized carbons (Fsp3) is 0.300. The molecule has 0 aliphatic heterocycles. The summed E-state index contributed by atoms with van der Waals surface area (Å²) in [6, 6.07) is 5.28. The summed E-state index contributed by atoms with van der Waals surface area (Å²) in [6.45, 7) is 0.155. The molecule has 1 aromatic carbocycles. The van der Waals surface area contributed by atoms with E-state index in [0.717, 1.165) is 5.69 Å². The fourth-order valence-electron chi connectivity index (χ4n) is 1.22. The molecule has 0 bridgehead atoms. The van der Waals surface area contributed by atoms with Crippen molar-refractivity contribution in [3.8, 4) is 5.75 Å². The summed E-state index contributed by atoms with van der Waals surface area (Å²) in [7, 11) is 3.32. The number of primary amides is 1. The Morgan fingerprint density at radius 1 is 1.60 bits per heavy atom. The number of carbonyl (C=O) groups is 1. The number of anilines is 1. The third kappa shape index (κ3) is 3.02. The predicted octanol–water partition coefficient (Wildman–Crippen LogP) is 1.27. The van der Waals surface area contributed by atoms with E-state index in [1.807, 2.05) is 6.07 Å². The maximum Gasteiger partial charge on any atom is 0.236 e. The van der Waals surface area contributed by atoms with Crippen LogP contribution in [0.1, 0.15) is 0 Å². The van der Waals surface area contributed by atoms with Gasteiger partial charge in [0.05, 0.1) is 18.7 Å². The highest BCUT2D eigenvalue weighted by Gasteiger charge is 2.07. The lowest BCUT2D eigenvalue weighted by Crippen LogP contribution is -2.30. The Morgan fingerprint density at radius 3 is 2.73 bits per heavy atom. The summed E-state index contributed by atoms with van der Waals surface area (Å²) in [5.74, 6) is 0.220. The third-order valence-corrected chi connectivity index (χ3v) is 2.26. The Hall–Kier alpha value is -1.42. The van der Waals surface area contributed by atoms with Gasteiger partial charge in [0.2, 0.25) is 5.91 Å². The average Bonchev–Trinajstić information content (AvgIpc) is 2.16. The van der Waals surface area contributed by atoms with Gasteiger partial charge in [0.25, 0.3) is 0 Å². The molecule has 0 aliphatic carbocycles. The Kier molecular flexibility index (Phi) is 3.80. The van der Waals surface area contributed by atoms with Gasteiger partial charge < -0.3 is 15.4 Å². The van der Waals surface area contributed by atoms with Gasteiger partial charge in [-0.05, 0) is 18.2 Å². The quantitative estimate of drug-likeness (QED) is 0.845. The molecule has 0 fully saturated rings. The standard InChI is InChI=1S/C10H13ClN2O2/c1-13(6-10(12)14)7-3-4-9(15-2)8(11)5-7/h3-5H,6H2,1-2H3,(H2,12,14). The summed E-state index contributed by atoms with van der Waals surface area (Å²) in [5, 5.41) is 0.506. The molecular formula is C10H13ClN2O2. The van der Waals surface area contributed by atoms with Crippen molar-refractivity contribution in [2.75, 3.05) is 25.6 Å².